The van der Waals surface area contributed by atoms with E-state index in [2.05, 4.69) is 6.92 Å². The van der Waals surface area contributed by atoms with E-state index in [0.717, 1.165) is 44.0 Å². The molecule has 0 saturated carbocycles. The van der Waals surface area contributed by atoms with Crippen molar-refractivity contribution in [2.45, 2.75) is 70.2 Å². The monoisotopic (exact) mass is 252 g/mol. The number of aldehydes is 1. The minimum atomic E-state index is -0.768. The van der Waals surface area contributed by atoms with E-state index in [9.17, 15) is 9.90 Å². The number of hydrogen-bond donors (Lipinski definition) is 1. The Hall–Kier alpha value is -0.670. The number of allylic oxidation sites excluding steroid dienone is 2. The van der Waals surface area contributed by atoms with E-state index in [1.54, 1.807) is 0 Å². The second-order valence-corrected chi connectivity index (χ2v) is 6.48. The molecule has 3 unspecified atom stereocenters. The molecule has 0 aromatic rings. The summed E-state index contributed by atoms with van der Waals surface area (Å²) in [7, 11) is 0. The van der Waals surface area contributed by atoms with Gasteiger partial charge in [-0.2, -0.15) is 0 Å². The molecule has 18 heavy (non-hydrogen) atoms. The van der Waals surface area contributed by atoms with Crippen LogP contribution in [-0.4, -0.2) is 28.7 Å². The molecular formula is C15H24O3. The van der Waals surface area contributed by atoms with Gasteiger partial charge in [-0.1, -0.05) is 6.08 Å². The van der Waals surface area contributed by atoms with Gasteiger partial charge in [0.25, 0.3) is 0 Å². The maximum absolute atomic E-state index is 10.7. The first-order valence-corrected chi connectivity index (χ1v) is 6.89. The molecule has 0 aromatic heterocycles. The minimum Gasteiger partial charge on any atom is -0.388 e. The highest BCUT2D eigenvalue weighted by molar-refractivity contribution is 5.73. The van der Waals surface area contributed by atoms with Crippen LogP contribution in [0.15, 0.2) is 11.6 Å². The Bertz CT molecular complexity index is 353. The van der Waals surface area contributed by atoms with Crippen LogP contribution in [0.4, 0.5) is 0 Å². The lowest BCUT2D eigenvalue weighted by molar-refractivity contribution is -0.136. The average Bonchev–Trinajstić information content (AvgIpc) is 2.73. The Morgan fingerprint density at radius 3 is 2.67 bits per heavy atom. The van der Waals surface area contributed by atoms with Gasteiger partial charge >= 0.3 is 0 Å². The van der Waals surface area contributed by atoms with Crippen LogP contribution in [0.5, 0.6) is 0 Å². The Morgan fingerprint density at radius 2 is 2.22 bits per heavy atom. The van der Waals surface area contributed by atoms with Crippen LogP contribution in [0, 0.1) is 5.92 Å². The standard InChI is InChI=1S/C15H24O3/c1-14(2,17)13-8-9-15(3,18-13)12-6-4-11(10-16)5-7-12/h4,10,12-13,17H,5-9H2,1-3H3. The normalized spacial score (nSPS) is 37.4. The first kappa shape index (κ1) is 13.8. The maximum Gasteiger partial charge on any atom is 0.145 e. The van der Waals surface area contributed by atoms with Crippen molar-refractivity contribution in [3.05, 3.63) is 11.6 Å². The molecule has 3 atom stereocenters. The quantitative estimate of drug-likeness (QED) is 0.785. The van der Waals surface area contributed by atoms with Crippen molar-refractivity contribution >= 4 is 6.29 Å². The van der Waals surface area contributed by atoms with E-state index in [4.69, 9.17) is 4.74 Å². The third-order valence-corrected chi connectivity index (χ3v) is 4.56. The van der Waals surface area contributed by atoms with Crippen molar-refractivity contribution in [2.24, 2.45) is 5.92 Å². The third-order valence-electron chi connectivity index (χ3n) is 4.56. The van der Waals surface area contributed by atoms with Gasteiger partial charge in [-0.15, -0.1) is 0 Å². The average molecular weight is 252 g/mol. The van der Waals surface area contributed by atoms with Gasteiger partial charge in [0.2, 0.25) is 0 Å². The summed E-state index contributed by atoms with van der Waals surface area (Å²) >= 11 is 0. The lowest BCUT2D eigenvalue weighted by Crippen LogP contribution is -2.41. The number of hydrogen-bond acceptors (Lipinski definition) is 3. The summed E-state index contributed by atoms with van der Waals surface area (Å²) in [5.74, 6) is 0.466. The molecule has 2 rings (SSSR count). The molecule has 102 valence electrons. The van der Waals surface area contributed by atoms with Crippen molar-refractivity contribution in [1.82, 2.24) is 0 Å². The molecule has 1 heterocycles. The van der Waals surface area contributed by atoms with E-state index in [-0.39, 0.29) is 11.7 Å². The van der Waals surface area contributed by atoms with Crippen LogP contribution in [-0.2, 0) is 9.53 Å². The van der Waals surface area contributed by atoms with Crippen LogP contribution in [0.1, 0.15) is 52.9 Å². The van der Waals surface area contributed by atoms with Gasteiger partial charge in [-0.3, -0.25) is 4.79 Å². The number of carbonyl (C=O) groups is 1. The molecule has 1 fully saturated rings. The largest absolute Gasteiger partial charge is 0.388 e. The summed E-state index contributed by atoms with van der Waals surface area (Å²) in [4.78, 5) is 10.7. The van der Waals surface area contributed by atoms with Crippen LogP contribution in [0.2, 0.25) is 0 Å². The summed E-state index contributed by atoms with van der Waals surface area (Å²) in [5.41, 5.74) is 0.0121. The van der Waals surface area contributed by atoms with Crippen LogP contribution in [0.3, 0.4) is 0 Å². The van der Waals surface area contributed by atoms with Crippen molar-refractivity contribution in [2.75, 3.05) is 0 Å². The third kappa shape index (κ3) is 2.67. The van der Waals surface area contributed by atoms with E-state index in [0.29, 0.717) is 5.92 Å². The molecule has 0 spiro atoms. The summed E-state index contributed by atoms with van der Waals surface area (Å²) in [6.45, 7) is 5.78. The Balaban J connectivity index is 2.02. The molecule has 1 N–H and O–H groups in total. The predicted octanol–water partition coefficient (Wildman–Crippen LogP) is 2.62. The summed E-state index contributed by atoms with van der Waals surface area (Å²) in [6, 6.07) is 0. The van der Waals surface area contributed by atoms with Crippen LogP contribution < -0.4 is 0 Å². The molecule has 1 aliphatic heterocycles. The molecule has 1 aliphatic carbocycles. The highest BCUT2D eigenvalue weighted by atomic mass is 16.5. The van der Waals surface area contributed by atoms with E-state index in [1.807, 2.05) is 19.9 Å². The van der Waals surface area contributed by atoms with Gasteiger partial charge in [0, 0.05) is 0 Å². The van der Waals surface area contributed by atoms with Crippen LogP contribution in [0.25, 0.3) is 0 Å². The molecule has 3 heteroatoms. The number of ether oxygens (including phenoxy) is 1. The Labute approximate surface area is 109 Å². The van der Waals surface area contributed by atoms with E-state index < -0.39 is 5.60 Å². The van der Waals surface area contributed by atoms with Crippen molar-refractivity contribution in [3.8, 4) is 0 Å². The Kier molecular flexibility index (Phi) is 3.65. The number of carbonyl (C=O) groups excluding carboxylic acids is 1. The fourth-order valence-electron chi connectivity index (χ4n) is 3.17. The van der Waals surface area contributed by atoms with Gasteiger partial charge in [0.1, 0.15) is 6.29 Å². The number of rotatable bonds is 3. The first-order chi connectivity index (χ1) is 8.35. The fourth-order valence-corrected chi connectivity index (χ4v) is 3.17. The zero-order chi connectivity index (χ0) is 13.4. The SMILES string of the molecule is CC(C)(O)C1CCC(C)(C2CC=C(C=O)CC2)O1. The zero-order valence-electron chi connectivity index (χ0n) is 11.6. The second-order valence-electron chi connectivity index (χ2n) is 6.48. The van der Waals surface area contributed by atoms with E-state index in [1.165, 1.54) is 0 Å². The molecule has 2 aliphatic rings. The molecule has 0 bridgehead atoms. The summed E-state index contributed by atoms with van der Waals surface area (Å²) < 4.78 is 6.15. The van der Waals surface area contributed by atoms with Gasteiger partial charge in [-0.25, -0.2) is 0 Å². The van der Waals surface area contributed by atoms with Crippen LogP contribution >= 0.6 is 0 Å². The molecular weight excluding hydrogens is 228 g/mol. The first-order valence-electron chi connectivity index (χ1n) is 6.89. The highest BCUT2D eigenvalue weighted by Gasteiger charge is 2.46. The van der Waals surface area contributed by atoms with Crippen molar-refractivity contribution in [3.63, 3.8) is 0 Å². The van der Waals surface area contributed by atoms with Gasteiger partial charge in [-0.05, 0) is 64.4 Å². The molecule has 1 saturated heterocycles. The molecule has 0 amide bonds. The lowest BCUT2D eigenvalue weighted by atomic mass is 9.77. The molecule has 3 nitrogen and oxygen atoms in total. The molecule has 0 radical (unpaired) electrons. The maximum atomic E-state index is 10.7. The topological polar surface area (TPSA) is 46.5 Å². The summed E-state index contributed by atoms with van der Waals surface area (Å²) in [6.07, 6.45) is 7.65. The van der Waals surface area contributed by atoms with E-state index >= 15 is 0 Å². The smallest absolute Gasteiger partial charge is 0.145 e. The van der Waals surface area contributed by atoms with Gasteiger partial charge < -0.3 is 9.84 Å². The second kappa shape index (κ2) is 4.78. The minimum absolute atomic E-state index is 0.0704. The molecule has 0 aromatic carbocycles. The van der Waals surface area contributed by atoms with Gasteiger partial charge in [0.05, 0.1) is 17.3 Å². The lowest BCUT2D eigenvalue weighted by Gasteiger charge is -2.37. The van der Waals surface area contributed by atoms with Crippen molar-refractivity contribution < 1.29 is 14.6 Å². The zero-order valence-corrected chi connectivity index (χ0v) is 11.6. The van der Waals surface area contributed by atoms with Gasteiger partial charge in [0.15, 0.2) is 0 Å². The highest BCUT2D eigenvalue weighted by Crippen LogP contribution is 2.44. The van der Waals surface area contributed by atoms with Crippen molar-refractivity contribution in [1.29, 1.82) is 0 Å². The number of aliphatic hydroxyl groups is 1. The summed E-state index contributed by atoms with van der Waals surface area (Å²) in [5, 5.41) is 10.0. The Morgan fingerprint density at radius 1 is 1.50 bits per heavy atom. The fraction of sp³-hybridized carbons (Fsp3) is 0.800. The predicted molar refractivity (Wildman–Crippen MR) is 70.3 cm³/mol.